The van der Waals surface area contributed by atoms with Crippen LogP contribution in [0, 0.1) is 5.82 Å². The number of ether oxygens (including phenoxy) is 1. The Morgan fingerprint density at radius 3 is 2.46 bits per heavy atom. The number of methoxy groups -OCH3 is 1. The van der Waals surface area contributed by atoms with Crippen LogP contribution in [0.3, 0.4) is 0 Å². The van der Waals surface area contributed by atoms with E-state index in [0.29, 0.717) is 36.3 Å². The molecule has 28 heavy (non-hydrogen) atoms. The molecule has 0 aromatic heterocycles. The summed E-state index contributed by atoms with van der Waals surface area (Å²) < 4.78 is 18.4. The summed E-state index contributed by atoms with van der Waals surface area (Å²) >= 11 is 0. The van der Waals surface area contributed by atoms with Crippen molar-refractivity contribution >= 4 is 23.2 Å². The summed E-state index contributed by atoms with van der Waals surface area (Å²) in [6.07, 6.45) is 2.18. The lowest BCUT2D eigenvalue weighted by atomic mass is 10.2. The van der Waals surface area contributed by atoms with Crippen LogP contribution in [0.1, 0.15) is 25.3 Å². The van der Waals surface area contributed by atoms with E-state index in [1.807, 2.05) is 0 Å². The van der Waals surface area contributed by atoms with Crippen molar-refractivity contribution in [2.24, 2.45) is 0 Å². The second kappa shape index (κ2) is 8.84. The van der Waals surface area contributed by atoms with Gasteiger partial charge in [0.05, 0.1) is 18.8 Å². The SMILES string of the molecule is COc1ccc(NC(C)=O)cc1NC(=O)C[NH+](Cc1ccc(F)cc1)C1CC1. The Labute approximate surface area is 163 Å². The van der Waals surface area contributed by atoms with Gasteiger partial charge in [-0.05, 0) is 30.3 Å². The molecule has 1 atom stereocenters. The number of hydrogen-bond donors (Lipinski definition) is 3. The predicted octanol–water partition coefficient (Wildman–Crippen LogP) is 1.98. The predicted molar refractivity (Wildman–Crippen MR) is 105 cm³/mol. The average Bonchev–Trinajstić information content (AvgIpc) is 3.48. The lowest BCUT2D eigenvalue weighted by molar-refractivity contribution is -0.916. The first-order valence-corrected chi connectivity index (χ1v) is 9.29. The van der Waals surface area contributed by atoms with Gasteiger partial charge in [0.1, 0.15) is 18.1 Å². The van der Waals surface area contributed by atoms with E-state index in [1.54, 1.807) is 30.3 Å². The van der Waals surface area contributed by atoms with Gasteiger partial charge in [0.25, 0.3) is 5.91 Å². The molecule has 1 fully saturated rings. The molecule has 1 aliphatic rings. The first-order chi connectivity index (χ1) is 13.4. The van der Waals surface area contributed by atoms with E-state index in [0.717, 1.165) is 23.3 Å². The topological polar surface area (TPSA) is 71.9 Å². The van der Waals surface area contributed by atoms with Gasteiger partial charge < -0.3 is 20.3 Å². The highest BCUT2D eigenvalue weighted by atomic mass is 19.1. The highest BCUT2D eigenvalue weighted by Crippen LogP contribution is 2.27. The first-order valence-electron chi connectivity index (χ1n) is 9.29. The lowest BCUT2D eigenvalue weighted by Gasteiger charge is -2.19. The molecule has 148 valence electrons. The molecule has 0 aliphatic heterocycles. The summed E-state index contributed by atoms with van der Waals surface area (Å²) in [6.45, 7) is 2.39. The van der Waals surface area contributed by atoms with Crippen molar-refractivity contribution in [3.8, 4) is 5.75 Å². The molecule has 1 unspecified atom stereocenters. The molecule has 6 nitrogen and oxygen atoms in total. The number of hydrogen-bond acceptors (Lipinski definition) is 3. The van der Waals surface area contributed by atoms with Crippen LogP contribution in [0.2, 0.25) is 0 Å². The highest BCUT2D eigenvalue weighted by Gasteiger charge is 2.34. The summed E-state index contributed by atoms with van der Waals surface area (Å²) in [5, 5.41) is 5.58. The van der Waals surface area contributed by atoms with E-state index in [2.05, 4.69) is 10.6 Å². The van der Waals surface area contributed by atoms with E-state index >= 15 is 0 Å². The number of carbonyl (C=O) groups is 2. The quantitative estimate of drug-likeness (QED) is 0.650. The van der Waals surface area contributed by atoms with Crippen molar-refractivity contribution < 1.29 is 23.6 Å². The Morgan fingerprint density at radius 1 is 1.14 bits per heavy atom. The van der Waals surface area contributed by atoms with Crippen LogP contribution in [0.15, 0.2) is 42.5 Å². The zero-order chi connectivity index (χ0) is 20.1. The van der Waals surface area contributed by atoms with Crippen molar-refractivity contribution in [3.05, 3.63) is 53.8 Å². The Kier molecular flexibility index (Phi) is 6.26. The normalized spacial score (nSPS) is 14.2. The zero-order valence-electron chi connectivity index (χ0n) is 16.0. The Balaban J connectivity index is 1.67. The molecule has 2 aromatic carbocycles. The molecule has 0 bridgehead atoms. The van der Waals surface area contributed by atoms with E-state index in [-0.39, 0.29) is 17.6 Å². The highest BCUT2D eigenvalue weighted by molar-refractivity contribution is 5.95. The van der Waals surface area contributed by atoms with Gasteiger partial charge in [-0.2, -0.15) is 0 Å². The molecule has 2 aromatic rings. The van der Waals surface area contributed by atoms with Crippen LogP contribution in [0.5, 0.6) is 5.75 Å². The minimum atomic E-state index is -0.263. The molecule has 0 radical (unpaired) electrons. The van der Waals surface area contributed by atoms with Gasteiger partial charge in [0.2, 0.25) is 5.91 Å². The van der Waals surface area contributed by atoms with Crippen molar-refractivity contribution in [1.82, 2.24) is 0 Å². The largest absolute Gasteiger partial charge is 0.495 e. The van der Waals surface area contributed by atoms with Gasteiger partial charge >= 0.3 is 0 Å². The van der Waals surface area contributed by atoms with Crippen LogP contribution in [-0.4, -0.2) is 31.5 Å². The van der Waals surface area contributed by atoms with Crippen LogP contribution in [0.4, 0.5) is 15.8 Å². The standard InChI is InChI=1S/C21H24FN3O3/c1-14(26)23-17-7-10-20(28-2)19(11-17)24-21(27)13-25(18-8-9-18)12-15-3-5-16(22)6-4-15/h3-7,10-11,18H,8-9,12-13H2,1-2H3,(H,23,26)(H,24,27)/p+1. The second-order valence-corrected chi connectivity index (χ2v) is 7.06. The fourth-order valence-electron chi connectivity index (χ4n) is 3.19. The number of quaternary nitrogens is 1. The van der Waals surface area contributed by atoms with Crippen LogP contribution in [0.25, 0.3) is 0 Å². The van der Waals surface area contributed by atoms with Crippen molar-refractivity contribution in [1.29, 1.82) is 0 Å². The number of rotatable bonds is 8. The summed E-state index contributed by atoms with van der Waals surface area (Å²) in [5.74, 6) is -0.0667. The number of nitrogens with one attached hydrogen (secondary N) is 3. The number of carbonyl (C=O) groups excluding carboxylic acids is 2. The summed E-state index contributed by atoms with van der Waals surface area (Å²) in [7, 11) is 1.53. The molecule has 0 saturated heterocycles. The van der Waals surface area contributed by atoms with Crippen molar-refractivity contribution in [2.75, 3.05) is 24.3 Å². The minimum Gasteiger partial charge on any atom is -0.495 e. The summed E-state index contributed by atoms with van der Waals surface area (Å²) in [4.78, 5) is 25.1. The van der Waals surface area contributed by atoms with Crippen LogP contribution in [-0.2, 0) is 16.1 Å². The zero-order valence-corrected chi connectivity index (χ0v) is 16.0. The molecule has 2 amide bonds. The number of halogens is 1. The van der Waals surface area contributed by atoms with Crippen molar-refractivity contribution in [3.63, 3.8) is 0 Å². The number of benzene rings is 2. The Bertz CT molecular complexity index is 850. The molecular formula is C21H25FN3O3+. The average molecular weight is 386 g/mol. The number of anilines is 2. The number of amides is 2. The Hall–Kier alpha value is -2.93. The van der Waals surface area contributed by atoms with Gasteiger partial charge in [-0.15, -0.1) is 0 Å². The third-order valence-corrected chi connectivity index (χ3v) is 4.68. The third-order valence-electron chi connectivity index (χ3n) is 4.68. The molecule has 1 aliphatic carbocycles. The summed E-state index contributed by atoms with van der Waals surface area (Å²) in [6, 6.07) is 11.9. The van der Waals surface area contributed by atoms with E-state index in [4.69, 9.17) is 4.74 Å². The Morgan fingerprint density at radius 2 is 1.86 bits per heavy atom. The molecule has 1 saturated carbocycles. The first kappa shape index (κ1) is 19.8. The van der Waals surface area contributed by atoms with Gasteiger partial charge in [-0.25, -0.2) is 4.39 Å². The maximum absolute atomic E-state index is 13.1. The van der Waals surface area contributed by atoms with E-state index in [1.165, 1.54) is 26.2 Å². The van der Waals surface area contributed by atoms with E-state index in [9.17, 15) is 14.0 Å². The third kappa shape index (κ3) is 5.53. The lowest BCUT2D eigenvalue weighted by Crippen LogP contribution is -3.13. The summed E-state index contributed by atoms with van der Waals surface area (Å²) in [5.41, 5.74) is 2.10. The maximum Gasteiger partial charge on any atom is 0.279 e. The molecule has 3 N–H and O–H groups in total. The molecular weight excluding hydrogens is 361 g/mol. The van der Waals surface area contributed by atoms with Gasteiger partial charge in [0, 0.05) is 31.0 Å². The second-order valence-electron chi connectivity index (χ2n) is 7.06. The van der Waals surface area contributed by atoms with Gasteiger partial charge in [-0.3, -0.25) is 9.59 Å². The molecule has 3 rings (SSSR count). The van der Waals surface area contributed by atoms with Crippen LogP contribution < -0.4 is 20.3 Å². The van der Waals surface area contributed by atoms with E-state index < -0.39 is 0 Å². The minimum absolute atomic E-state index is 0.137. The smallest absolute Gasteiger partial charge is 0.279 e. The van der Waals surface area contributed by atoms with Crippen LogP contribution >= 0.6 is 0 Å². The molecule has 0 spiro atoms. The fourth-order valence-corrected chi connectivity index (χ4v) is 3.19. The molecule has 7 heteroatoms. The van der Waals surface area contributed by atoms with Crippen molar-refractivity contribution in [2.45, 2.75) is 32.4 Å². The monoisotopic (exact) mass is 386 g/mol. The fraction of sp³-hybridized carbons (Fsp3) is 0.333. The van der Waals surface area contributed by atoms with Gasteiger partial charge in [0.15, 0.2) is 6.54 Å². The maximum atomic E-state index is 13.1. The van der Waals surface area contributed by atoms with Gasteiger partial charge in [-0.1, -0.05) is 12.1 Å². The molecule has 0 heterocycles.